The third kappa shape index (κ3) is 2.69. The number of rotatable bonds is 6. The lowest BCUT2D eigenvalue weighted by molar-refractivity contribution is -0.133. The highest BCUT2D eigenvalue weighted by Gasteiger charge is 2.20. The molecule has 0 fully saturated rings. The number of aromatic nitrogens is 4. The zero-order valence-corrected chi connectivity index (χ0v) is 12.3. The lowest BCUT2D eigenvalue weighted by Gasteiger charge is -2.14. The lowest BCUT2D eigenvalue weighted by atomic mass is 10.2. The second-order valence-electron chi connectivity index (χ2n) is 4.26. The normalized spacial score (nSPS) is 12.6. The Morgan fingerprint density at radius 2 is 2.30 bits per heavy atom. The Morgan fingerprint density at radius 3 is 2.90 bits per heavy atom. The van der Waals surface area contributed by atoms with E-state index >= 15 is 0 Å². The van der Waals surface area contributed by atoms with Gasteiger partial charge in [0.15, 0.2) is 16.3 Å². The van der Waals surface area contributed by atoms with Gasteiger partial charge in [0.1, 0.15) is 6.33 Å². The first-order valence-electron chi connectivity index (χ1n) is 6.20. The third-order valence-corrected chi connectivity index (χ3v) is 3.90. The molecule has 20 heavy (non-hydrogen) atoms. The van der Waals surface area contributed by atoms with Crippen LogP contribution in [0.25, 0.3) is 11.2 Å². The summed E-state index contributed by atoms with van der Waals surface area (Å²) < 4.78 is 7.12. The van der Waals surface area contributed by atoms with E-state index in [0.717, 1.165) is 6.42 Å². The zero-order valence-electron chi connectivity index (χ0n) is 11.5. The van der Waals surface area contributed by atoms with Crippen molar-refractivity contribution in [2.45, 2.75) is 31.5 Å². The van der Waals surface area contributed by atoms with Gasteiger partial charge >= 0.3 is 5.97 Å². The van der Waals surface area contributed by atoms with Crippen LogP contribution in [-0.4, -0.2) is 43.5 Å². The van der Waals surface area contributed by atoms with Gasteiger partial charge in [-0.05, 0) is 13.3 Å². The van der Waals surface area contributed by atoms with Gasteiger partial charge in [0.05, 0.1) is 12.9 Å². The van der Waals surface area contributed by atoms with Gasteiger partial charge in [-0.3, -0.25) is 4.79 Å². The minimum Gasteiger partial charge on any atom is -0.481 e. The number of methoxy groups -OCH3 is 1. The van der Waals surface area contributed by atoms with Crippen LogP contribution >= 0.6 is 11.8 Å². The predicted molar refractivity (Wildman–Crippen MR) is 75.2 cm³/mol. The number of carboxylic acids is 1. The highest BCUT2D eigenvalue weighted by Crippen LogP contribution is 2.30. The van der Waals surface area contributed by atoms with E-state index in [1.165, 1.54) is 25.2 Å². The van der Waals surface area contributed by atoms with Crippen molar-refractivity contribution in [1.29, 1.82) is 0 Å². The average molecular weight is 296 g/mol. The highest BCUT2D eigenvalue weighted by atomic mass is 32.2. The van der Waals surface area contributed by atoms with Gasteiger partial charge in [-0.25, -0.2) is 9.97 Å². The van der Waals surface area contributed by atoms with E-state index in [0.29, 0.717) is 22.2 Å². The van der Waals surface area contributed by atoms with Crippen LogP contribution in [-0.2, 0) is 4.79 Å². The molecule has 108 valence electrons. The Bertz CT molecular complexity index is 628. The summed E-state index contributed by atoms with van der Waals surface area (Å²) in [6.45, 7) is 4.10. The third-order valence-electron chi connectivity index (χ3n) is 2.96. The zero-order chi connectivity index (χ0) is 14.7. The van der Waals surface area contributed by atoms with Crippen molar-refractivity contribution in [3.05, 3.63) is 6.33 Å². The number of nitrogens with zero attached hydrogens (tertiary/aromatic N) is 4. The van der Waals surface area contributed by atoms with Crippen molar-refractivity contribution in [2.24, 2.45) is 0 Å². The van der Waals surface area contributed by atoms with Gasteiger partial charge in [-0.2, -0.15) is 4.98 Å². The average Bonchev–Trinajstić information content (AvgIpc) is 2.82. The van der Waals surface area contributed by atoms with Gasteiger partial charge in [0, 0.05) is 6.04 Å². The molecule has 1 atom stereocenters. The Balaban J connectivity index is 2.56. The summed E-state index contributed by atoms with van der Waals surface area (Å²) in [7, 11) is 1.52. The molecule has 0 aliphatic rings. The van der Waals surface area contributed by atoms with Crippen LogP contribution in [0.3, 0.4) is 0 Å². The molecule has 2 aromatic rings. The number of aliphatic carboxylic acids is 1. The predicted octanol–water partition coefficient (Wildman–Crippen LogP) is 1.98. The van der Waals surface area contributed by atoms with Gasteiger partial charge in [0.25, 0.3) is 0 Å². The van der Waals surface area contributed by atoms with E-state index in [9.17, 15) is 4.79 Å². The van der Waals surface area contributed by atoms with E-state index in [4.69, 9.17) is 9.84 Å². The SMILES string of the molecule is CCC(C)n1c(SCC(=O)O)nc2c(OC)ncnc21. The molecular weight excluding hydrogens is 280 g/mol. The van der Waals surface area contributed by atoms with Crippen LogP contribution in [0.2, 0.25) is 0 Å². The molecule has 1 unspecified atom stereocenters. The molecule has 0 amide bonds. The standard InChI is InChI=1S/C12H16N4O3S/c1-4-7(2)16-10-9(11(19-3)14-6-13-10)15-12(16)20-5-8(17)18/h6-7H,4-5H2,1-3H3,(H,17,18). The number of thioether (sulfide) groups is 1. The molecule has 0 aliphatic heterocycles. The molecule has 0 spiro atoms. The van der Waals surface area contributed by atoms with Crippen LogP contribution in [0.15, 0.2) is 11.5 Å². The van der Waals surface area contributed by atoms with E-state index in [2.05, 4.69) is 21.9 Å². The molecule has 0 bridgehead atoms. The lowest BCUT2D eigenvalue weighted by Crippen LogP contribution is -2.08. The summed E-state index contributed by atoms with van der Waals surface area (Å²) in [6, 6.07) is 0.163. The van der Waals surface area contributed by atoms with Crippen molar-refractivity contribution in [2.75, 3.05) is 12.9 Å². The van der Waals surface area contributed by atoms with Gasteiger partial charge < -0.3 is 14.4 Å². The number of carbonyl (C=O) groups is 1. The highest BCUT2D eigenvalue weighted by molar-refractivity contribution is 7.99. The fourth-order valence-corrected chi connectivity index (χ4v) is 2.64. The minimum absolute atomic E-state index is 0.0461. The second kappa shape index (κ2) is 6.08. The summed E-state index contributed by atoms with van der Waals surface area (Å²) in [6.07, 6.45) is 2.31. The topological polar surface area (TPSA) is 90.1 Å². The summed E-state index contributed by atoms with van der Waals surface area (Å²) >= 11 is 1.17. The van der Waals surface area contributed by atoms with E-state index < -0.39 is 5.97 Å². The maximum atomic E-state index is 10.8. The Labute approximate surface area is 120 Å². The maximum Gasteiger partial charge on any atom is 0.313 e. The van der Waals surface area contributed by atoms with Crippen LogP contribution in [0.1, 0.15) is 26.3 Å². The van der Waals surface area contributed by atoms with Crippen molar-refractivity contribution in [3.8, 4) is 5.88 Å². The van der Waals surface area contributed by atoms with E-state index in [1.54, 1.807) is 0 Å². The largest absolute Gasteiger partial charge is 0.481 e. The molecule has 0 aliphatic carbocycles. The van der Waals surface area contributed by atoms with Crippen LogP contribution in [0.5, 0.6) is 5.88 Å². The Kier molecular flexibility index (Phi) is 4.43. The summed E-state index contributed by atoms with van der Waals surface area (Å²) in [4.78, 5) is 23.5. The fourth-order valence-electron chi connectivity index (χ4n) is 1.83. The smallest absolute Gasteiger partial charge is 0.313 e. The van der Waals surface area contributed by atoms with Gasteiger partial charge in [-0.1, -0.05) is 18.7 Å². The monoisotopic (exact) mass is 296 g/mol. The first-order chi connectivity index (χ1) is 9.58. The minimum atomic E-state index is -0.879. The van der Waals surface area contributed by atoms with Gasteiger partial charge in [-0.15, -0.1) is 0 Å². The summed E-state index contributed by atoms with van der Waals surface area (Å²) in [5.41, 5.74) is 1.22. The van der Waals surface area contributed by atoms with Gasteiger partial charge in [0.2, 0.25) is 5.88 Å². The van der Waals surface area contributed by atoms with Crippen LogP contribution < -0.4 is 4.74 Å². The second-order valence-corrected chi connectivity index (χ2v) is 5.20. The first-order valence-corrected chi connectivity index (χ1v) is 7.18. The molecule has 0 radical (unpaired) electrons. The molecule has 2 aromatic heterocycles. The fraction of sp³-hybridized carbons (Fsp3) is 0.500. The number of ether oxygens (including phenoxy) is 1. The summed E-state index contributed by atoms with van der Waals surface area (Å²) in [5, 5.41) is 9.45. The van der Waals surface area contributed by atoms with Crippen molar-refractivity contribution < 1.29 is 14.6 Å². The Morgan fingerprint density at radius 1 is 1.55 bits per heavy atom. The molecule has 0 saturated carbocycles. The Hall–Kier alpha value is -1.83. The number of fused-ring (bicyclic) bond motifs is 1. The maximum absolute atomic E-state index is 10.8. The molecule has 0 aromatic carbocycles. The quantitative estimate of drug-likeness (QED) is 0.815. The molecule has 8 heteroatoms. The first kappa shape index (κ1) is 14.6. The number of imidazole rings is 1. The molecule has 2 rings (SSSR count). The van der Waals surface area contributed by atoms with Crippen molar-refractivity contribution >= 4 is 28.9 Å². The molecule has 1 N–H and O–H groups in total. The number of hydrogen-bond donors (Lipinski definition) is 1. The molecule has 7 nitrogen and oxygen atoms in total. The van der Waals surface area contributed by atoms with E-state index in [1.807, 2.05) is 11.5 Å². The van der Waals surface area contributed by atoms with Crippen LogP contribution in [0, 0.1) is 0 Å². The summed E-state index contributed by atoms with van der Waals surface area (Å²) in [5.74, 6) is -0.528. The molecule has 0 saturated heterocycles. The van der Waals surface area contributed by atoms with Crippen LogP contribution in [0.4, 0.5) is 0 Å². The van der Waals surface area contributed by atoms with E-state index in [-0.39, 0.29) is 11.8 Å². The number of carboxylic acid groups (broad SMARTS) is 1. The van der Waals surface area contributed by atoms with Crippen molar-refractivity contribution in [3.63, 3.8) is 0 Å². The molecular formula is C12H16N4O3S. The molecule has 2 heterocycles. The number of hydrogen-bond acceptors (Lipinski definition) is 6. The van der Waals surface area contributed by atoms with Crippen molar-refractivity contribution in [1.82, 2.24) is 19.5 Å².